The number of hydrogen-bond donors (Lipinski definition) is 1. The Balaban J connectivity index is 1.90. The molecule has 3 aromatic rings. The summed E-state index contributed by atoms with van der Waals surface area (Å²) in [4.78, 5) is 46.3. The quantitative estimate of drug-likeness (QED) is 0.208. The summed E-state index contributed by atoms with van der Waals surface area (Å²) in [6.07, 6.45) is 3.36. The van der Waals surface area contributed by atoms with Crippen LogP contribution < -0.4 is 10.2 Å². The molecule has 1 aromatic carbocycles. The molecule has 0 aliphatic rings. The summed E-state index contributed by atoms with van der Waals surface area (Å²) in [6, 6.07) is 5.07. The highest BCUT2D eigenvalue weighted by Crippen LogP contribution is 2.32. The predicted octanol–water partition coefficient (Wildman–Crippen LogP) is 3.72. The molecule has 3 rings (SSSR count). The van der Waals surface area contributed by atoms with Crippen LogP contribution in [0.2, 0.25) is 0 Å². The Kier molecular flexibility index (Phi) is 9.35. The maximum atomic E-state index is 13.2. The molecule has 0 radical (unpaired) electrons. The summed E-state index contributed by atoms with van der Waals surface area (Å²) < 4.78 is 25.3. The molecule has 2 heterocycles. The standard InChI is InChI=1S/C26H32FN7O6/c1-7-39-24(36)20-21(34(37)38)22(32(6)16(2)23(35)40-26(3,4)5)31-25(30-20)28-12-18-13-29-33(15-18)14-17-8-10-19(27)11-9-17/h8-11,13,15-16H,7,12,14H2,1-6H3,(H,28,30,31). The molecule has 1 N–H and O–H groups in total. The van der Waals surface area contributed by atoms with Gasteiger partial charge in [-0.25, -0.2) is 14.0 Å². The average Bonchev–Trinajstić information content (AvgIpc) is 3.33. The van der Waals surface area contributed by atoms with Crippen LogP contribution in [-0.2, 0) is 27.4 Å². The first-order valence-electron chi connectivity index (χ1n) is 12.5. The van der Waals surface area contributed by atoms with Crippen LogP contribution in [0.4, 0.5) is 21.8 Å². The van der Waals surface area contributed by atoms with Crippen LogP contribution in [0.15, 0.2) is 36.7 Å². The zero-order valence-electron chi connectivity index (χ0n) is 23.2. The number of halogens is 1. The summed E-state index contributed by atoms with van der Waals surface area (Å²) in [5.41, 5.74) is -0.468. The highest BCUT2D eigenvalue weighted by molar-refractivity contribution is 5.95. The molecular formula is C26H32FN7O6. The Morgan fingerprint density at radius 1 is 1.20 bits per heavy atom. The lowest BCUT2D eigenvalue weighted by Crippen LogP contribution is -2.41. The van der Waals surface area contributed by atoms with E-state index in [1.807, 2.05) is 0 Å². The lowest BCUT2D eigenvalue weighted by atomic mass is 10.2. The number of esters is 2. The van der Waals surface area contributed by atoms with Crippen molar-refractivity contribution < 1.29 is 28.4 Å². The van der Waals surface area contributed by atoms with Crippen LogP contribution in [0, 0.1) is 15.9 Å². The van der Waals surface area contributed by atoms with Crippen LogP contribution in [0.5, 0.6) is 0 Å². The van der Waals surface area contributed by atoms with Crippen molar-refractivity contribution in [2.75, 3.05) is 23.9 Å². The Morgan fingerprint density at radius 2 is 1.88 bits per heavy atom. The van der Waals surface area contributed by atoms with Crippen LogP contribution in [0.3, 0.4) is 0 Å². The van der Waals surface area contributed by atoms with Gasteiger partial charge in [0.15, 0.2) is 0 Å². The fraction of sp³-hybridized carbons (Fsp3) is 0.423. The number of aromatic nitrogens is 4. The number of anilines is 2. The van der Waals surface area contributed by atoms with E-state index in [4.69, 9.17) is 9.47 Å². The second kappa shape index (κ2) is 12.5. The van der Waals surface area contributed by atoms with E-state index in [0.29, 0.717) is 6.54 Å². The number of nitro groups is 1. The number of hydrogen-bond acceptors (Lipinski definition) is 11. The lowest BCUT2D eigenvalue weighted by Gasteiger charge is -2.28. The predicted molar refractivity (Wildman–Crippen MR) is 143 cm³/mol. The Morgan fingerprint density at radius 3 is 2.48 bits per heavy atom. The minimum Gasteiger partial charge on any atom is -0.461 e. The minimum atomic E-state index is -1.01. The molecule has 0 bridgehead atoms. The van der Waals surface area contributed by atoms with Crippen LogP contribution >= 0.6 is 0 Å². The number of nitrogens with one attached hydrogen (secondary N) is 1. The van der Waals surface area contributed by atoms with E-state index in [1.54, 1.807) is 56.9 Å². The Labute approximate surface area is 230 Å². The normalized spacial score (nSPS) is 12.0. The SMILES string of the molecule is CCOC(=O)c1nc(NCc2cnn(Cc3ccc(F)cc3)c2)nc(N(C)C(C)C(=O)OC(C)(C)C)c1[N+](=O)[O-]. The first kappa shape index (κ1) is 29.9. The molecule has 0 spiro atoms. The molecule has 0 aliphatic carbocycles. The summed E-state index contributed by atoms with van der Waals surface area (Å²) in [5.74, 6) is -2.34. The molecular weight excluding hydrogens is 525 g/mol. The van der Waals surface area contributed by atoms with Gasteiger partial charge in [0, 0.05) is 25.4 Å². The van der Waals surface area contributed by atoms with Gasteiger partial charge < -0.3 is 19.7 Å². The number of carbonyl (C=O) groups is 2. The van der Waals surface area contributed by atoms with E-state index in [0.717, 1.165) is 11.1 Å². The van der Waals surface area contributed by atoms with E-state index in [9.17, 15) is 24.1 Å². The molecule has 0 fully saturated rings. The first-order valence-corrected chi connectivity index (χ1v) is 12.5. The molecule has 0 saturated heterocycles. The van der Waals surface area contributed by atoms with Gasteiger partial charge in [-0.05, 0) is 52.3 Å². The van der Waals surface area contributed by atoms with Gasteiger partial charge in [0.05, 0.1) is 24.3 Å². The Hall–Kier alpha value is -4.62. The molecule has 0 saturated carbocycles. The zero-order chi connectivity index (χ0) is 29.6. The van der Waals surface area contributed by atoms with Gasteiger partial charge >= 0.3 is 17.6 Å². The van der Waals surface area contributed by atoms with Gasteiger partial charge in [0.1, 0.15) is 17.5 Å². The number of carbonyl (C=O) groups excluding carboxylic acids is 2. The number of nitrogens with zero attached hydrogens (tertiary/aromatic N) is 6. The van der Waals surface area contributed by atoms with E-state index < -0.39 is 39.9 Å². The number of likely N-dealkylation sites (N-methyl/N-ethyl adjacent to an activating group) is 1. The second-order valence-electron chi connectivity index (χ2n) is 9.89. The average molecular weight is 558 g/mol. The summed E-state index contributed by atoms with van der Waals surface area (Å²) in [7, 11) is 1.43. The molecule has 13 nitrogen and oxygen atoms in total. The van der Waals surface area contributed by atoms with E-state index in [1.165, 1.54) is 31.0 Å². The van der Waals surface area contributed by atoms with Gasteiger partial charge in [-0.1, -0.05) is 12.1 Å². The lowest BCUT2D eigenvalue weighted by molar-refractivity contribution is -0.384. The monoisotopic (exact) mass is 557 g/mol. The third kappa shape index (κ3) is 7.71. The molecule has 14 heteroatoms. The molecule has 1 unspecified atom stereocenters. The summed E-state index contributed by atoms with van der Waals surface area (Å²) in [6.45, 7) is 8.72. The second-order valence-corrected chi connectivity index (χ2v) is 9.89. The molecule has 0 aliphatic heterocycles. The van der Waals surface area contributed by atoms with Crippen molar-refractivity contribution in [2.45, 2.75) is 59.4 Å². The van der Waals surface area contributed by atoms with Gasteiger partial charge in [-0.15, -0.1) is 0 Å². The van der Waals surface area contributed by atoms with Gasteiger partial charge in [-0.2, -0.15) is 15.1 Å². The van der Waals surface area contributed by atoms with Crippen molar-refractivity contribution in [3.8, 4) is 0 Å². The number of rotatable bonds is 11. The maximum Gasteiger partial charge on any atom is 0.364 e. The minimum absolute atomic E-state index is 0.0323. The van der Waals surface area contributed by atoms with E-state index in [2.05, 4.69) is 20.4 Å². The molecule has 0 amide bonds. The smallest absolute Gasteiger partial charge is 0.364 e. The third-order valence-corrected chi connectivity index (χ3v) is 5.58. The molecule has 1 atom stereocenters. The highest BCUT2D eigenvalue weighted by Gasteiger charge is 2.36. The fourth-order valence-corrected chi connectivity index (χ4v) is 3.55. The van der Waals surface area contributed by atoms with Crippen LogP contribution in [-0.4, -0.2) is 61.9 Å². The molecule has 40 heavy (non-hydrogen) atoms. The summed E-state index contributed by atoms with van der Waals surface area (Å²) >= 11 is 0. The van der Waals surface area contributed by atoms with Crippen LogP contribution in [0.25, 0.3) is 0 Å². The summed E-state index contributed by atoms with van der Waals surface area (Å²) in [5, 5.41) is 19.3. The van der Waals surface area contributed by atoms with Gasteiger partial charge in [0.25, 0.3) is 0 Å². The molecule has 2 aromatic heterocycles. The van der Waals surface area contributed by atoms with Crippen molar-refractivity contribution in [2.24, 2.45) is 0 Å². The topological polar surface area (TPSA) is 155 Å². The van der Waals surface area contributed by atoms with Gasteiger partial charge in [0.2, 0.25) is 17.5 Å². The molecule has 214 valence electrons. The third-order valence-electron chi connectivity index (χ3n) is 5.58. The van der Waals surface area contributed by atoms with Crippen molar-refractivity contribution in [1.82, 2.24) is 19.7 Å². The van der Waals surface area contributed by atoms with Gasteiger partial charge in [-0.3, -0.25) is 14.8 Å². The fourth-order valence-electron chi connectivity index (χ4n) is 3.55. The van der Waals surface area contributed by atoms with E-state index in [-0.39, 0.29) is 30.7 Å². The zero-order valence-corrected chi connectivity index (χ0v) is 23.2. The van der Waals surface area contributed by atoms with E-state index >= 15 is 0 Å². The van der Waals surface area contributed by atoms with Crippen molar-refractivity contribution in [1.29, 1.82) is 0 Å². The highest BCUT2D eigenvalue weighted by atomic mass is 19.1. The first-order chi connectivity index (χ1) is 18.8. The van der Waals surface area contributed by atoms with Crippen molar-refractivity contribution in [3.63, 3.8) is 0 Å². The number of benzene rings is 1. The maximum absolute atomic E-state index is 13.2. The van der Waals surface area contributed by atoms with Crippen molar-refractivity contribution in [3.05, 3.63) is 69.4 Å². The Bertz CT molecular complexity index is 1370. The largest absolute Gasteiger partial charge is 0.461 e. The van der Waals surface area contributed by atoms with Crippen molar-refractivity contribution >= 4 is 29.4 Å². The number of ether oxygens (including phenoxy) is 2. The van der Waals surface area contributed by atoms with Crippen LogP contribution in [0.1, 0.15) is 56.2 Å².